The van der Waals surface area contributed by atoms with Crippen LogP contribution >= 0.6 is 12.4 Å². The first-order chi connectivity index (χ1) is 6.22. The van der Waals surface area contributed by atoms with Crippen molar-refractivity contribution in [2.24, 2.45) is 11.7 Å². The van der Waals surface area contributed by atoms with Gasteiger partial charge in [-0.25, -0.2) is 9.97 Å². The monoisotopic (exact) mass is 215 g/mol. The number of hydrogen-bond donors (Lipinski definition) is 1. The van der Waals surface area contributed by atoms with Gasteiger partial charge in [-0.15, -0.1) is 12.4 Å². The third kappa shape index (κ3) is 4.53. The molecule has 0 amide bonds. The second-order valence-corrected chi connectivity index (χ2v) is 3.64. The van der Waals surface area contributed by atoms with Crippen molar-refractivity contribution in [3.63, 3.8) is 0 Å². The zero-order valence-electron chi connectivity index (χ0n) is 8.73. The molecule has 0 spiro atoms. The summed E-state index contributed by atoms with van der Waals surface area (Å²) in [5.41, 5.74) is 6.60. The van der Waals surface area contributed by atoms with Crippen molar-refractivity contribution in [1.82, 2.24) is 9.97 Å². The lowest BCUT2D eigenvalue weighted by Crippen LogP contribution is -2.07. The SMILES string of the molecule is CC(C)Cc1cnc(CCN)nc1.Cl. The molecule has 0 unspecified atom stereocenters. The van der Waals surface area contributed by atoms with Crippen LogP contribution in [0.25, 0.3) is 0 Å². The van der Waals surface area contributed by atoms with E-state index in [-0.39, 0.29) is 12.4 Å². The summed E-state index contributed by atoms with van der Waals surface area (Å²) in [4.78, 5) is 8.46. The molecule has 0 atom stereocenters. The Morgan fingerprint density at radius 1 is 1.29 bits per heavy atom. The van der Waals surface area contributed by atoms with Gasteiger partial charge < -0.3 is 5.73 Å². The predicted octanol–water partition coefficient (Wildman–Crippen LogP) is 1.60. The first-order valence-corrected chi connectivity index (χ1v) is 4.72. The van der Waals surface area contributed by atoms with Crippen molar-refractivity contribution in [3.05, 3.63) is 23.8 Å². The Morgan fingerprint density at radius 2 is 1.86 bits per heavy atom. The van der Waals surface area contributed by atoms with Crippen LogP contribution in [0.3, 0.4) is 0 Å². The first kappa shape index (κ1) is 13.3. The molecule has 0 aliphatic heterocycles. The summed E-state index contributed by atoms with van der Waals surface area (Å²) in [6.07, 6.45) is 5.61. The normalized spacial score (nSPS) is 10.0. The summed E-state index contributed by atoms with van der Waals surface area (Å²) in [5, 5.41) is 0. The number of halogens is 1. The number of hydrogen-bond acceptors (Lipinski definition) is 3. The average Bonchev–Trinajstić information content (AvgIpc) is 2.08. The summed E-state index contributed by atoms with van der Waals surface area (Å²) in [5.74, 6) is 1.50. The molecule has 0 fully saturated rings. The molecule has 0 bridgehead atoms. The number of nitrogens with two attached hydrogens (primary N) is 1. The van der Waals surface area contributed by atoms with Gasteiger partial charge in [-0.05, 0) is 24.4 Å². The Morgan fingerprint density at radius 3 is 2.29 bits per heavy atom. The van der Waals surface area contributed by atoms with Crippen LogP contribution in [0.15, 0.2) is 12.4 Å². The van der Waals surface area contributed by atoms with Crippen molar-refractivity contribution in [1.29, 1.82) is 0 Å². The molecule has 14 heavy (non-hydrogen) atoms. The van der Waals surface area contributed by atoms with E-state index in [1.807, 2.05) is 12.4 Å². The van der Waals surface area contributed by atoms with E-state index < -0.39 is 0 Å². The fraction of sp³-hybridized carbons (Fsp3) is 0.600. The van der Waals surface area contributed by atoms with Crippen LogP contribution in [0.5, 0.6) is 0 Å². The van der Waals surface area contributed by atoms with E-state index in [1.54, 1.807) is 0 Å². The van der Waals surface area contributed by atoms with E-state index in [2.05, 4.69) is 23.8 Å². The van der Waals surface area contributed by atoms with Gasteiger partial charge in [0, 0.05) is 18.8 Å². The van der Waals surface area contributed by atoms with E-state index in [4.69, 9.17) is 5.73 Å². The average molecular weight is 216 g/mol. The predicted molar refractivity (Wildman–Crippen MR) is 60.6 cm³/mol. The molecule has 0 aromatic carbocycles. The second-order valence-electron chi connectivity index (χ2n) is 3.64. The lowest BCUT2D eigenvalue weighted by Gasteiger charge is -2.04. The zero-order valence-corrected chi connectivity index (χ0v) is 9.55. The van der Waals surface area contributed by atoms with Gasteiger partial charge in [0.15, 0.2) is 0 Å². The molecule has 1 aromatic rings. The highest BCUT2D eigenvalue weighted by Gasteiger charge is 1.99. The molecule has 0 saturated heterocycles. The highest BCUT2D eigenvalue weighted by Crippen LogP contribution is 2.05. The van der Waals surface area contributed by atoms with Gasteiger partial charge in [0.2, 0.25) is 0 Å². The van der Waals surface area contributed by atoms with Gasteiger partial charge in [-0.1, -0.05) is 13.8 Å². The Bertz CT molecular complexity index is 246. The third-order valence-corrected chi connectivity index (χ3v) is 1.77. The minimum atomic E-state index is 0. The van der Waals surface area contributed by atoms with Crippen molar-refractivity contribution in [3.8, 4) is 0 Å². The van der Waals surface area contributed by atoms with E-state index in [0.717, 1.165) is 18.7 Å². The van der Waals surface area contributed by atoms with Crippen LogP contribution in [0.1, 0.15) is 25.2 Å². The van der Waals surface area contributed by atoms with Gasteiger partial charge >= 0.3 is 0 Å². The molecule has 3 nitrogen and oxygen atoms in total. The number of nitrogens with zero attached hydrogens (tertiary/aromatic N) is 2. The van der Waals surface area contributed by atoms with E-state index in [9.17, 15) is 0 Å². The van der Waals surface area contributed by atoms with Crippen LogP contribution in [-0.4, -0.2) is 16.5 Å². The molecule has 0 aliphatic rings. The zero-order chi connectivity index (χ0) is 9.68. The fourth-order valence-electron chi connectivity index (χ4n) is 1.22. The second kappa shape index (κ2) is 6.74. The maximum Gasteiger partial charge on any atom is 0.129 e. The molecule has 1 rings (SSSR count). The molecule has 1 heterocycles. The molecular weight excluding hydrogens is 198 g/mol. The molecular formula is C10H18ClN3. The van der Waals surface area contributed by atoms with Crippen LogP contribution in [0, 0.1) is 5.92 Å². The fourth-order valence-corrected chi connectivity index (χ4v) is 1.22. The highest BCUT2D eigenvalue weighted by atomic mass is 35.5. The molecule has 2 N–H and O–H groups in total. The van der Waals surface area contributed by atoms with Crippen LogP contribution in [-0.2, 0) is 12.8 Å². The minimum Gasteiger partial charge on any atom is -0.330 e. The lowest BCUT2D eigenvalue weighted by atomic mass is 10.1. The largest absolute Gasteiger partial charge is 0.330 e. The molecule has 0 radical (unpaired) electrons. The molecule has 0 aliphatic carbocycles. The Balaban J connectivity index is 0.00000169. The van der Waals surface area contributed by atoms with Crippen LogP contribution in [0.2, 0.25) is 0 Å². The Labute approximate surface area is 91.6 Å². The van der Waals surface area contributed by atoms with Crippen molar-refractivity contribution in [2.45, 2.75) is 26.7 Å². The number of rotatable bonds is 4. The molecule has 1 aromatic heterocycles. The summed E-state index contributed by atoms with van der Waals surface area (Å²) >= 11 is 0. The van der Waals surface area contributed by atoms with Gasteiger partial charge in [-0.2, -0.15) is 0 Å². The lowest BCUT2D eigenvalue weighted by molar-refractivity contribution is 0.641. The first-order valence-electron chi connectivity index (χ1n) is 4.72. The summed E-state index contributed by atoms with van der Waals surface area (Å²) in [6, 6.07) is 0. The Hall–Kier alpha value is -0.670. The van der Waals surface area contributed by atoms with Gasteiger partial charge in [-0.3, -0.25) is 0 Å². The summed E-state index contributed by atoms with van der Waals surface area (Å²) < 4.78 is 0. The van der Waals surface area contributed by atoms with E-state index in [1.165, 1.54) is 5.56 Å². The van der Waals surface area contributed by atoms with Crippen LogP contribution < -0.4 is 5.73 Å². The Kier molecular flexibility index (Phi) is 6.41. The van der Waals surface area contributed by atoms with Crippen molar-refractivity contribution in [2.75, 3.05) is 6.54 Å². The summed E-state index contributed by atoms with van der Waals surface area (Å²) in [7, 11) is 0. The molecule has 80 valence electrons. The third-order valence-electron chi connectivity index (χ3n) is 1.77. The molecule has 0 saturated carbocycles. The standard InChI is InChI=1S/C10H17N3.ClH/c1-8(2)5-9-6-12-10(3-4-11)13-7-9;/h6-8H,3-5,11H2,1-2H3;1H. The van der Waals surface area contributed by atoms with Crippen molar-refractivity contribution >= 4 is 12.4 Å². The number of aromatic nitrogens is 2. The van der Waals surface area contributed by atoms with E-state index >= 15 is 0 Å². The maximum atomic E-state index is 5.40. The van der Waals surface area contributed by atoms with Gasteiger partial charge in [0.1, 0.15) is 5.82 Å². The van der Waals surface area contributed by atoms with Gasteiger partial charge in [0.25, 0.3) is 0 Å². The minimum absolute atomic E-state index is 0. The molecule has 4 heteroatoms. The topological polar surface area (TPSA) is 51.8 Å². The smallest absolute Gasteiger partial charge is 0.129 e. The van der Waals surface area contributed by atoms with Crippen LogP contribution in [0.4, 0.5) is 0 Å². The summed E-state index contributed by atoms with van der Waals surface area (Å²) in [6.45, 7) is 4.99. The van der Waals surface area contributed by atoms with Crippen molar-refractivity contribution < 1.29 is 0 Å². The quantitative estimate of drug-likeness (QED) is 0.830. The van der Waals surface area contributed by atoms with E-state index in [0.29, 0.717) is 12.5 Å². The maximum absolute atomic E-state index is 5.40. The highest BCUT2D eigenvalue weighted by molar-refractivity contribution is 5.85. The van der Waals surface area contributed by atoms with Gasteiger partial charge in [0.05, 0.1) is 0 Å².